The first-order chi connectivity index (χ1) is 10.0. The van der Waals surface area contributed by atoms with Crippen molar-refractivity contribution >= 4 is 17.5 Å². The van der Waals surface area contributed by atoms with Crippen molar-refractivity contribution in [2.45, 2.75) is 32.7 Å². The van der Waals surface area contributed by atoms with Crippen LogP contribution in [0.5, 0.6) is 0 Å². The molecule has 3 unspecified atom stereocenters. The number of fused-ring (bicyclic) bond motifs is 1. The summed E-state index contributed by atoms with van der Waals surface area (Å²) in [6, 6.07) is 7.97. The fourth-order valence-corrected chi connectivity index (χ4v) is 3.61. The lowest BCUT2D eigenvalue weighted by Gasteiger charge is -2.18. The van der Waals surface area contributed by atoms with E-state index in [0.717, 1.165) is 18.4 Å². The van der Waals surface area contributed by atoms with Crippen LogP contribution in [0.1, 0.15) is 38.3 Å². The molecule has 1 saturated heterocycles. The Kier molecular flexibility index (Phi) is 3.57. The van der Waals surface area contributed by atoms with Gasteiger partial charge >= 0.3 is 0 Å². The summed E-state index contributed by atoms with van der Waals surface area (Å²) in [4.78, 5) is 26.4. The SMILES string of the molecule is CNC(C)c1ccc(N2C(=O)C3CC(C)CC3C2=O)cc1. The normalized spacial score (nSPS) is 29.9. The van der Waals surface area contributed by atoms with E-state index in [4.69, 9.17) is 0 Å². The second-order valence-electron chi connectivity index (χ2n) is 6.40. The molecule has 1 heterocycles. The topological polar surface area (TPSA) is 49.4 Å². The predicted molar refractivity (Wildman–Crippen MR) is 81.8 cm³/mol. The van der Waals surface area contributed by atoms with E-state index in [1.165, 1.54) is 4.90 Å². The fourth-order valence-electron chi connectivity index (χ4n) is 3.61. The maximum absolute atomic E-state index is 12.5. The molecule has 4 nitrogen and oxygen atoms in total. The van der Waals surface area contributed by atoms with E-state index in [9.17, 15) is 9.59 Å². The molecule has 0 radical (unpaired) electrons. The third-order valence-electron chi connectivity index (χ3n) is 4.96. The Morgan fingerprint density at radius 3 is 2.10 bits per heavy atom. The molecule has 0 spiro atoms. The van der Waals surface area contributed by atoms with Crippen LogP contribution in [0.15, 0.2) is 24.3 Å². The Bertz CT molecular complexity index is 543. The zero-order valence-electron chi connectivity index (χ0n) is 12.8. The van der Waals surface area contributed by atoms with Crippen LogP contribution in [0.4, 0.5) is 5.69 Å². The van der Waals surface area contributed by atoms with Gasteiger partial charge in [-0.1, -0.05) is 19.1 Å². The smallest absolute Gasteiger partial charge is 0.237 e. The molecule has 1 aliphatic carbocycles. The summed E-state index contributed by atoms with van der Waals surface area (Å²) >= 11 is 0. The molecular weight excluding hydrogens is 264 g/mol. The van der Waals surface area contributed by atoms with Gasteiger partial charge in [-0.3, -0.25) is 14.5 Å². The lowest BCUT2D eigenvalue weighted by molar-refractivity contribution is -0.123. The molecule has 0 bridgehead atoms. The second kappa shape index (κ2) is 5.26. The molecule has 1 aliphatic heterocycles. The van der Waals surface area contributed by atoms with Crippen LogP contribution in [0.3, 0.4) is 0 Å². The van der Waals surface area contributed by atoms with Crippen molar-refractivity contribution in [1.82, 2.24) is 5.32 Å². The molecular formula is C17H22N2O2. The van der Waals surface area contributed by atoms with Crippen LogP contribution in [-0.2, 0) is 9.59 Å². The maximum Gasteiger partial charge on any atom is 0.237 e. The summed E-state index contributed by atoms with van der Waals surface area (Å²) in [5.74, 6) is 0.272. The highest BCUT2D eigenvalue weighted by molar-refractivity contribution is 6.22. The molecule has 0 aromatic heterocycles. The third-order valence-corrected chi connectivity index (χ3v) is 4.96. The highest BCUT2D eigenvalue weighted by atomic mass is 16.2. The van der Waals surface area contributed by atoms with Crippen molar-refractivity contribution in [3.63, 3.8) is 0 Å². The van der Waals surface area contributed by atoms with Crippen molar-refractivity contribution in [2.75, 3.05) is 11.9 Å². The molecule has 3 rings (SSSR count). The quantitative estimate of drug-likeness (QED) is 0.869. The van der Waals surface area contributed by atoms with E-state index in [1.807, 2.05) is 31.3 Å². The van der Waals surface area contributed by atoms with E-state index in [0.29, 0.717) is 11.6 Å². The number of rotatable bonds is 3. The number of amides is 2. The van der Waals surface area contributed by atoms with E-state index in [1.54, 1.807) is 0 Å². The number of imide groups is 1. The van der Waals surface area contributed by atoms with Gasteiger partial charge in [-0.2, -0.15) is 0 Å². The van der Waals surface area contributed by atoms with Crippen LogP contribution < -0.4 is 10.2 Å². The highest BCUT2D eigenvalue weighted by Gasteiger charge is 2.52. The molecule has 1 saturated carbocycles. The number of hydrogen-bond acceptors (Lipinski definition) is 3. The van der Waals surface area contributed by atoms with Gasteiger partial charge < -0.3 is 5.32 Å². The average molecular weight is 286 g/mol. The van der Waals surface area contributed by atoms with Gasteiger partial charge in [0.15, 0.2) is 0 Å². The van der Waals surface area contributed by atoms with Gasteiger partial charge in [0.25, 0.3) is 0 Å². The first kappa shape index (κ1) is 14.3. The second-order valence-corrected chi connectivity index (χ2v) is 6.40. The van der Waals surface area contributed by atoms with Gasteiger partial charge in [-0.05, 0) is 50.4 Å². The molecule has 3 atom stereocenters. The summed E-state index contributed by atoms with van der Waals surface area (Å²) < 4.78 is 0. The van der Waals surface area contributed by atoms with Gasteiger partial charge in [-0.25, -0.2) is 0 Å². The standard InChI is InChI=1S/C17H22N2O2/c1-10-8-14-15(9-10)17(21)19(16(14)20)13-6-4-12(5-7-13)11(2)18-3/h4-7,10-11,14-15,18H,8-9H2,1-3H3. The molecule has 2 amide bonds. The largest absolute Gasteiger partial charge is 0.313 e. The van der Waals surface area contributed by atoms with Crippen molar-refractivity contribution < 1.29 is 9.59 Å². The van der Waals surface area contributed by atoms with Crippen molar-refractivity contribution in [3.8, 4) is 0 Å². The van der Waals surface area contributed by atoms with Gasteiger partial charge in [0.1, 0.15) is 0 Å². The maximum atomic E-state index is 12.5. The van der Waals surface area contributed by atoms with Crippen LogP contribution in [-0.4, -0.2) is 18.9 Å². The van der Waals surface area contributed by atoms with E-state index < -0.39 is 0 Å². The average Bonchev–Trinajstić information content (AvgIpc) is 2.97. The van der Waals surface area contributed by atoms with Crippen LogP contribution in [0.25, 0.3) is 0 Å². The predicted octanol–water partition coefficient (Wildman–Crippen LogP) is 2.50. The third kappa shape index (κ3) is 2.27. The minimum atomic E-state index is -0.0941. The number of carbonyl (C=O) groups excluding carboxylic acids is 2. The number of nitrogens with one attached hydrogen (secondary N) is 1. The van der Waals surface area contributed by atoms with Crippen LogP contribution in [0.2, 0.25) is 0 Å². The highest BCUT2D eigenvalue weighted by Crippen LogP contribution is 2.44. The summed E-state index contributed by atoms with van der Waals surface area (Å²) in [7, 11) is 1.91. The number of benzene rings is 1. The van der Waals surface area contributed by atoms with Gasteiger partial charge in [0.2, 0.25) is 11.8 Å². The first-order valence-corrected chi connectivity index (χ1v) is 7.68. The fraction of sp³-hybridized carbons (Fsp3) is 0.529. The zero-order valence-corrected chi connectivity index (χ0v) is 12.8. The zero-order chi connectivity index (χ0) is 15.1. The minimum Gasteiger partial charge on any atom is -0.313 e. The molecule has 4 heteroatoms. The lowest BCUT2D eigenvalue weighted by atomic mass is 10.00. The van der Waals surface area contributed by atoms with Gasteiger partial charge in [0.05, 0.1) is 17.5 Å². The molecule has 21 heavy (non-hydrogen) atoms. The summed E-state index contributed by atoms with van der Waals surface area (Å²) in [5, 5.41) is 3.18. The monoisotopic (exact) mass is 286 g/mol. The Morgan fingerprint density at radius 2 is 1.62 bits per heavy atom. The number of anilines is 1. The van der Waals surface area contributed by atoms with Gasteiger partial charge in [-0.15, -0.1) is 0 Å². The van der Waals surface area contributed by atoms with Gasteiger partial charge in [0, 0.05) is 6.04 Å². The molecule has 1 N–H and O–H groups in total. The van der Waals surface area contributed by atoms with Crippen LogP contribution >= 0.6 is 0 Å². The van der Waals surface area contributed by atoms with E-state index in [-0.39, 0.29) is 29.7 Å². The van der Waals surface area contributed by atoms with Crippen LogP contribution in [0, 0.1) is 17.8 Å². The molecule has 2 fully saturated rings. The number of nitrogens with zero attached hydrogens (tertiary/aromatic N) is 1. The Labute approximate surface area is 125 Å². The Balaban J connectivity index is 1.85. The summed E-state index contributed by atoms with van der Waals surface area (Å²) in [5.41, 5.74) is 1.85. The van der Waals surface area contributed by atoms with E-state index in [2.05, 4.69) is 19.2 Å². The summed E-state index contributed by atoms with van der Waals surface area (Å²) in [6.07, 6.45) is 1.70. The van der Waals surface area contributed by atoms with E-state index >= 15 is 0 Å². The minimum absolute atomic E-state index is 0.0104. The molecule has 112 valence electrons. The first-order valence-electron chi connectivity index (χ1n) is 7.68. The lowest BCUT2D eigenvalue weighted by Crippen LogP contribution is -2.32. The van der Waals surface area contributed by atoms with Crippen molar-refractivity contribution in [1.29, 1.82) is 0 Å². The Morgan fingerprint density at radius 1 is 1.10 bits per heavy atom. The number of hydrogen-bond donors (Lipinski definition) is 1. The molecule has 1 aromatic rings. The number of carbonyl (C=O) groups is 2. The Hall–Kier alpha value is -1.68. The summed E-state index contributed by atoms with van der Waals surface area (Å²) in [6.45, 7) is 4.20. The molecule has 2 aliphatic rings. The van der Waals surface area contributed by atoms with Crippen molar-refractivity contribution in [2.24, 2.45) is 17.8 Å². The van der Waals surface area contributed by atoms with Crippen molar-refractivity contribution in [3.05, 3.63) is 29.8 Å². The molecule has 1 aromatic carbocycles.